The number of hydrogen-bond acceptors (Lipinski definition) is 6. The number of nitrogens with zero attached hydrogens (tertiary/aromatic N) is 3. The first-order valence-corrected chi connectivity index (χ1v) is 6.70. The van der Waals surface area contributed by atoms with E-state index in [1.54, 1.807) is 18.7 Å². The Morgan fingerprint density at radius 3 is 2.55 bits per heavy atom. The number of nitriles is 1. The van der Waals surface area contributed by atoms with E-state index in [9.17, 15) is 10.1 Å². The number of rotatable bonds is 2. The summed E-state index contributed by atoms with van der Waals surface area (Å²) in [5.41, 5.74) is 8.63. The van der Waals surface area contributed by atoms with Gasteiger partial charge in [0.25, 0.3) is 0 Å². The zero-order valence-corrected chi connectivity index (χ0v) is 13.2. The Labute approximate surface area is 128 Å². The van der Waals surface area contributed by atoms with Crippen molar-refractivity contribution >= 4 is 5.97 Å². The number of carbonyl (C=O) groups excluding carboxylic acids is 1. The van der Waals surface area contributed by atoms with Crippen LogP contribution < -0.4 is 5.73 Å². The molecule has 2 N–H and O–H groups in total. The van der Waals surface area contributed by atoms with Crippen molar-refractivity contribution in [2.24, 2.45) is 12.8 Å². The summed E-state index contributed by atoms with van der Waals surface area (Å²) in [6, 6.07) is 2.05. The van der Waals surface area contributed by atoms with Crippen LogP contribution in [0.5, 0.6) is 0 Å². The standard InChI is InChI=1S/C15H18N4O3/c1-7-11(8(2)19(4)18-7)13-10(6-16)14(17)22-9(3)12(13)15(20)21-5/h13H,17H2,1-5H3. The monoisotopic (exact) mass is 302 g/mol. The molecule has 0 saturated heterocycles. The Kier molecular flexibility index (Phi) is 3.95. The number of esters is 1. The second-order valence-electron chi connectivity index (χ2n) is 5.09. The van der Waals surface area contributed by atoms with Crippen LogP contribution in [0.1, 0.15) is 29.8 Å². The third kappa shape index (κ3) is 2.22. The first kappa shape index (κ1) is 15.6. The molecule has 0 amide bonds. The minimum absolute atomic E-state index is 0.000283. The number of ether oxygens (including phenoxy) is 2. The molecule has 7 nitrogen and oxygen atoms in total. The Hall–Kier alpha value is -2.75. The SMILES string of the molecule is COC(=O)C1=C(C)OC(N)=C(C#N)C1c1c(C)nn(C)c1C. The molecule has 0 bridgehead atoms. The van der Waals surface area contributed by atoms with Crippen molar-refractivity contribution in [3.05, 3.63) is 39.7 Å². The smallest absolute Gasteiger partial charge is 0.338 e. The highest BCUT2D eigenvalue weighted by atomic mass is 16.5. The predicted molar refractivity (Wildman–Crippen MR) is 78.1 cm³/mol. The number of methoxy groups -OCH3 is 1. The number of allylic oxidation sites excluding steroid dienone is 2. The summed E-state index contributed by atoms with van der Waals surface area (Å²) >= 11 is 0. The van der Waals surface area contributed by atoms with Crippen molar-refractivity contribution < 1.29 is 14.3 Å². The zero-order chi connectivity index (χ0) is 16.6. The predicted octanol–water partition coefficient (Wildman–Crippen LogP) is 1.29. The van der Waals surface area contributed by atoms with Gasteiger partial charge in [0.05, 0.1) is 24.3 Å². The van der Waals surface area contributed by atoms with Crippen molar-refractivity contribution in [2.75, 3.05) is 7.11 Å². The van der Waals surface area contributed by atoms with Crippen molar-refractivity contribution in [3.8, 4) is 6.07 Å². The van der Waals surface area contributed by atoms with E-state index in [0.717, 1.165) is 17.0 Å². The van der Waals surface area contributed by atoms with Gasteiger partial charge in [-0.05, 0) is 20.8 Å². The average Bonchev–Trinajstić information content (AvgIpc) is 2.70. The molecule has 2 rings (SSSR count). The minimum atomic E-state index is -0.639. The molecule has 1 atom stereocenters. The summed E-state index contributed by atoms with van der Waals surface area (Å²) in [4.78, 5) is 12.2. The maximum Gasteiger partial charge on any atom is 0.338 e. The maximum absolute atomic E-state index is 12.2. The van der Waals surface area contributed by atoms with E-state index in [1.807, 2.05) is 19.9 Å². The molecular formula is C15H18N4O3. The number of aromatic nitrogens is 2. The fourth-order valence-electron chi connectivity index (χ4n) is 2.75. The van der Waals surface area contributed by atoms with E-state index in [0.29, 0.717) is 5.76 Å². The van der Waals surface area contributed by atoms with Gasteiger partial charge in [-0.2, -0.15) is 10.4 Å². The van der Waals surface area contributed by atoms with Gasteiger partial charge in [0.1, 0.15) is 17.4 Å². The van der Waals surface area contributed by atoms with Gasteiger partial charge < -0.3 is 15.2 Å². The molecular weight excluding hydrogens is 284 g/mol. The van der Waals surface area contributed by atoms with Crippen LogP contribution in [0.4, 0.5) is 0 Å². The summed E-state index contributed by atoms with van der Waals surface area (Å²) < 4.78 is 11.9. The van der Waals surface area contributed by atoms with E-state index >= 15 is 0 Å². The molecule has 1 aromatic rings. The summed E-state index contributed by atoms with van der Waals surface area (Å²) in [5.74, 6) is -0.860. The van der Waals surface area contributed by atoms with Crippen molar-refractivity contribution in [2.45, 2.75) is 26.7 Å². The number of hydrogen-bond donors (Lipinski definition) is 1. The lowest BCUT2D eigenvalue weighted by molar-refractivity contribution is -0.136. The Bertz CT molecular complexity index is 750. The van der Waals surface area contributed by atoms with E-state index in [2.05, 4.69) is 5.10 Å². The summed E-state index contributed by atoms with van der Waals surface area (Å²) in [5, 5.41) is 13.8. The Morgan fingerprint density at radius 1 is 1.45 bits per heavy atom. The fraction of sp³-hybridized carbons (Fsp3) is 0.400. The summed E-state index contributed by atoms with van der Waals surface area (Å²) in [7, 11) is 3.09. The molecule has 1 unspecified atom stereocenters. The lowest BCUT2D eigenvalue weighted by Gasteiger charge is -2.26. The van der Waals surface area contributed by atoms with Gasteiger partial charge in [0.2, 0.25) is 5.88 Å². The van der Waals surface area contributed by atoms with Gasteiger partial charge in [0, 0.05) is 18.3 Å². The second kappa shape index (κ2) is 5.56. The zero-order valence-electron chi connectivity index (χ0n) is 13.2. The van der Waals surface area contributed by atoms with E-state index in [1.165, 1.54) is 7.11 Å². The highest BCUT2D eigenvalue weighted by Crippen LogP contribution is 2.41. The quantitative estimate of drug-likeness (QED) is 0.826. The lowest BCUT2D eigenvalue weighted by atomic mass is 9.82. The van der Waals surface area contributed by atoms with Crippen LogP contribution in [-0.4, -0.2) is 22.9 Å². The second-order valence-corrected chi connectivity index (χ2v) is 5.09. The van der Waals surface area contributed by atoms with Gasteiger partial charge in [-0.15, -0.1) is 0 Å². The fourth-order valence-corrected chi connectivity index (χ4v) is 2.75. The molecule has 0 spiro atoms. The molecule has 2 heterocycles. The van der Waals surface area contributed by atoms with Gasteiger partial charge in [0.15, 0.2) is 0 Å². The molecule has 0 radical (unpaired) electrons. The van der Waals surface area contributed by atoms with Gasteiger partial charge in [-0.3, -0.25) is 4.68 Å². The molecule has 1 aromatic heterocycles. The van der Waals surface area contributed by atoms with Crippen molar-refractivity contribution in [1.82, 2.24) is 9.78 Å². The number of nitrogens with two attached hydrogens (primary N) is 1. The normalized spacial score (nSPS) is 18.1. The number of carbonyl (C=O) groups is 1. The maximum atomic E-state index is 12.2. The van der Waals surface area contributed by atoms with Gasteiger partial charge in [-0.25, -0.2) is 4.79 Å². The first-order chi connectivity index (χ1) is 10.3. The topological polar surface area (TPSA) is 103 Å². The summed E-state index contributed by atoms with van der Waals surface area (Å²) in [6.07, 6.45) is 0. The van der Waals surface area contributed by atoms with Crippen LogP contribution in [-0.2, 0) is 21.3 Å². The molecule has 116 valence electrons. The molecule has 1 aliphatic rings. The molecule has 0 aromatic carbocycles. The van der Waals surface area contributed by atoms with Crippen LogP contribution in [0.2, 0.25) is 0 Å². The lowest BCUT2D eigenvalue weighted by Crippen LogP contribution is -2.25. The first-order valence-electron chi connectivity index (χ1n) is 6.70. The van der Waals surface area contributed by atoms with Crippen LogP contribution in [0, 0.1) is 25.2 Å². The van der Waals surface area contributed by atoms with Crippen molar-refractivity contribution in [1.29, 1.82) is 5.26 Å². The highest BCUT2D eigenvalue weighted by Gasteiger charge is 2.38. The minimum Gasteiger partial charge on any atom is -0.466 e. The highest BCUT2D eigenvalue weighted by molar-refractivity contribution is 5.92. The van der Waals surface area contributed by atoms with Gasteiger partial charge in [-0.1, -0.05) is 0 Å². The van der Waals surface area contributed by atoms with Gasteiger partial charge >= 0.3 is 5.97 Å². The molecule has 0 saturated carbocycles. The van der Waals surface area contributed by atoms with Crippen LogP contribution in [0.3, 0.4) is 0 Å². The van der Waals surface area contributed by atoms with E-state index < -0.39 is 11.9 Å². The van der Waals surface area contributed by atoms with E-state index in [4.69, 9.17) is 15.2 Å². The summed E-state index contributed by atoms with van der Waals surface area (Å²) in [6.45, 7) is 5.33. The third-order valence-corrected chi connectivity index (χ3v) is 3.86. The van der Waals surface area contributed by atoms with Crippen LogP contribution in [0.25, 0.3) is 0 Å². The van der Waals surface area contributed by atoms with Crippen molar-refractivity contribution in [3.63, 3.8) is 0 Å². The Balaban J connectivity index is 2.77. The number of aryl methyl sites for hydroxylation is 2. The molecule has 1 aliphatic heterocycles. The molecule has 0 fully saturated rings. The molecule has 22 heavy (non-hydrogen) atoms. The van der Waals surface area contributed by atoms with E-state index in [-0.39, 0.29) is 17.0 Å². The largest absolute Gasteiger partial charge is 0.466 e. The van der Waals surface area contributed by atoms with Crippen LogP contribution >= 0.6 is 0 Å². The molecule has 7 heteroatoms. The van der Waals surface area contributed by atoms with Crippen LogP contribution in [0.15, 0.2) is 22.8 Å². The Morgan fingerprint density at radius 2 is 2.09 bits per heavy atom. The average molecular weight is 302 g/mol. The third-order valence-electron chi connectivity index (χ3n) is 3.86. The molecule has 0 aliphatic carbocycles.